The highest BCUT2D eigenvalue weighted by Gasteiger charge is 2.20. The zero-order valence-electron chi connectivity index (χ0n) is 9.85. The minimum atomic E-state index is -3.77. The zero-order valence-corrected chi connectivity index (χ0v) is 12.2. The molecule has 3 N–H and O–H groups in total. The van der Waals surface area contributed by atoms with Crippen LogP contribution in [0.5, 0.6) is 0 Å². The average molecular weight is 311 g/mol. The first-order valence-corrected chi connectivity index (χ1v) is 8.62. The Kier molecular flexibility index (Phi) is 5.58. The number of nitrogens with two attached hydrogens (primary N) is 1. The van der Waals surface area contributed by atoms with Gasteiger partial charge in [-0.3, -0.25) is 4.21 Å². The number of anilines is 1. The highest BCUT2D eigenvalue weighted by atomic mass is 35.5. The van der Waals surface area contributed by atoms with E-state index in [1.54, 1.807) is 13.0 Å². The van der Waals surface area contributed by atoms with Gasteiger partial charge in [0.1, 0.15) is 4.90 Å². The Morgan fingerprint density at radius 3 is 2.67 bits per heavy atom. The van der Waals surface area contributed by atoms with Crippen molar-refractivity contribution in [3.05, 3.63) is 23.2 Å². The fourth-order valence-electron chi connectivity index (χ4n) is 1.32. The number of nitrogens with one attached hydrogen (secondary N) is 1. The molecule has 0 aliphatic rings. The number of sulfonamides is 1. The van der Waals surface area contributed by atoms with Gasteiger partial charge in [-0.2, -0.15) is 0 Å². The van der Waals surface area contributed by atoms with Crippen LogP contribution in [0.15, 0.2) is 23.1 Å². The predicted molar refractivity (Wildman–Crippen MR) is 74.6 cm³/mol. The Morgan fingerprint density at radius 1 is 1.44 bits per heavy atom. The molecule has 0 aliphatic carbocycles. The summed E-state index contributed by atoms with van der Waals surface area (Å²) in [5, 5.41) is 0.0686. The summed E-state index contributed by atoms with van der Waals surface area (Å²) in [5.74, 6) is 0.760. The second-order valence-electron chi connectivity index (χ2n) is 3.49. The first kappa shape index (κ1) is 15.4. The van der Waals surface area contributed by atoms with Crippen molar-refractivity contribution in [1.29, 1.82) is 0 Å². The Morgan fingerprint density at radius 2 is 2.11 bits per heavy atom. The van der Waals surface area contributed by atoms with Crippen LogP contribution >= 0.6 is 11.6 Å². The molecule has 1 rings (SSSR count). The molecule has 1 atom stereocenters. The van der Waals surface area contributed by atoms with Crippen molar-refractivity contribution in [3.8, 4) is 0 Å². The summed E-state index contributed by atoms with van der Waals surface area (Å²) in [7, 11) is -4.79. The second-order valence-corrected chi connectivity index (χ2v) is 7.46. The van der Waals surface area contributed by atoms with Crippen LogP contribution in [0.4, 0.5) is 5.69 Å². The van der Waals surface area contributed by atoms with Crippen LogP contribution in [0.3, 0.4) is 0 Å². The van der Waals surface area contributed by atoms with Gasteiger partial charge in [0, 0.05) is 28.9 Å². The van der Waals surface area contributed by atoms with Crippen molar-refractivity contribution in [1.82, 2.24) is 4.72 Å². The molecule has 1 aromatic rings. The zero-order chi connectivity index (χ0) is 13.8. The lowest BCUT2D eigenvalue weighted by Crippen LogP contribution is -2.29. The van der Waals surface area contributed by atoms with Gasteiger partial charge in [0.2, 0.25) is 10.0 Å². The molecular weight excluding hydrogens is 296 g/mol. The maximum absolute atomic E-state index is 12.0. The molecule has 0 saturated heterocycles. The Hall–Kier alpha value is -0.630. The summed E-state index contributed by atoms with van der Waals surface area (Å²) in [6, 6.07) is 4.49. The van der Waals surface area contributed by atoms with Gasteiger partial charge in [0.15, 0.2) is 0 Å². The van der Waals surface area contributed by atoms with Gasteiger partial charge < -0.3 is 5.73 Å². The van der Waals surface area contributed by atoms with E-state index in [1.165, 1.54) is 12.1 Å². The summed E-state index contributed by atoms with van der Waals surface area (Å²) < 4.78 is 37.5. The fourth-order valence-corrected chi connectivity index (χ4v) is 3.77. The van der Waals surface area contributed by atoms with Crippen molar-refractivity contribution < 1.29 is 12.6 Å². The normalized spacial score (nSPS) is 13.4. The quantitative estimate of drug-likeness (QED) is 0.766. The summed E-state index contributed by atoms with van der Waals surface area (Å²) in [5.41, 5.74) is 5.69. The van der Waals surface area contributed by atoms with Gasteiger partial charge in [0.05, 0.1) is 10.7 Å². The molecule has 8 heteroatoms. The number of benzene rings is 1. The first-order chi connectivity index (χ1) is 8.38. The Labute approximate surface area is 114 Å². The van der Waals surface area contributed by atoms with Gasteiger partial charge in [-0.25, -0.2) is 13.1 Å². The Bertz CT molecular complexity index is 526. The average Bonchev–Trinajstić information content (AvgIpc) is 2.27. The predicted octanol–water partition coefficient (Wildman–Crippen LogP) is 0.969. The van der Waals surface area contributed by atoms with Crippen LogP contribution in [0.25, 0.3) is 0 Å². The summed E-state index contributed by atoms with van der Waals surface area (Å²) in [6.07, 6.45) is 0. The van der Waals surface area contributed by atoms with Crippen LogP contribution in [0, 0.1) is 0 Å². The molecule has 0 heterocycles. The molecule has 0 saturated carbocycles. The molecule has 0 fully saturated rings. The van der Waals surface area contributed by atoms with E-state index in [0.717, 1.165) is 0 Å². The maximum Gasteiger partial charge on any atom is 0.244 e. The van der Waals surface area contributed by atoms with Crippen molar-refractivity contribution in [3.63, 3.8) is 0 Å². The van der Waals surface area contributed by atoms with Crippen molar-refractivity contribution >= 4 is 38.1 Å². The third-order valence-corrected chi connectivity index (χ3v) is 5.52. The van der Waals surface area contributed by atoms with Gasteiger partial charge in [-0.05, 0) is 12.1 Å². The van der Waals surface area contributed by atoms with Crippen LogP contribution in [0.1, 0.15) is 6.92 Å². The minimum absolute atomic E-state index is 0.0686. The van der Waals surface area contributed by atoms with Crippen molar-refractivity contribution in [2.24, 2.45) is 0 Å². The summed E-state index contributed by atoms with van der Waals surface area (Å²) in [6.45, 7) is 1.87. The molecule has 5 nitrogen and oxygen atoms in total. The van der Waals surface area contributed by atoms with E-state index in [-0.39, 0.29) is 27.9 Å². The van der Waals surface area contributed by atoms with E-state index in [4.69, 9.17) is 17.3 Å². The van der Waals surface area contributed by atoms with E-state index in [0.29, 0.717) is 5.75 Å². The lowest BCUT2D eigenvalue weighted by molar-refractivity contribution is 0.584. The van der Waals surface area contributed by atoms with Crippen LogP contribution in [0.2, 0.25) is 5.02 Å². The summed E-state index contributed by atoms with van der Waals surface area (Å²) in [4.78, 5) is -0.131. The lowest BCUT2D eigenvalue weighted by Gasteiger charge is -2.10. The Balaban J connectivity index is 2.84. The molecule has 0 radical (unpaired) electrons. The molecule has 0 aromatic heterocycles. The molecule has 0 amide bonds. The third-order valence-electron chi connectivity index (χ3n) is 2.21. The number of nitrogen functional groups attached to an aromatic ring is 1. The molecular formula is C10H15ClN2O3S2. The van der Waals surface area contributed by atoms with Gasteiger partial charge >= 0.3 is 0 Å². The molecule has 0 spiro atoms. The van der Waals surface area contributed by atoms with Crippen molar-refractivity contribution in [2.75, 3.05) is 23.8 Å². The smallest absolute Gasteiger partial charge is 0.244 e. The second kappa shape index (κ2) is 6.51. The summed E-state index contributed by atoms with van der Waals surface area (Å²) >= 11 is 5.82. The van der Waals surface area contributed by atoms with E-state index in [2.05, 4.69) is 4.72 Å². The molecule has 1 unspecified atom stereocenters. The maximum atomic E-state index is 12.0. The fraction of sp³-hybridized carbons (Fsp3) is 0.400. The number of halogens is 1. The SMILES string of the molecule is CCS(=O)CCNS(=O)(=O)c1c(N)cccc1Cl. The minimum Gasteiger partial charge on any atom is -0.398 e. The van der Waals surface area contributed by atoms with E-state index >= 15 is 0 Å². The number of hydrogen-bond acceptors (Lipinski definition) is 4. The topological polar surface area (TPSA) is 89.3 Å². The first-order valence-electron chi connectivity index (χ1n) is 5.27. The lowest BCUT2D eigenvalue weighted by atomic mass is 10.3. The highest BCUT2D eigenvalue weighted by Crippen LogP contribution is 2.26. The molecule has 18 heavy (non-hydrogen) atoms. The standard InChI is InChI=1S/C10H15ClN2O3S2/c1-2-17(14)7-6-13-18(15,16)10-8(11)4-3-5-9(10)12/h3-5,13H,2,6-7,12H2,1H3. The van der Waals surface area contributed by atoms with Gasteiger partial charge in [-0.1, -0.05) is 24.6 Å². The third kappa shape index (κ3) is 3.94. The highest BCUT2D eigenvalue weighted by molar-refractivity contribution is 7.90. The van der Waals surface area contributed by atoms with Crippen molar-refractivity contribution in [2.45, 2.75) is 11.8 Å². The number of hydrogen-bond donors (Lipinski definition) is 2. The van der Waals surface area contributed by atoms with Gasteiger partial charge in [-0.15, -0.1) is 0 Å². The molecule has 0 bridgehead atoms. The van der Waals surface area contributed by atoms with Gasteiger partial charge in [0.25, 0.3) is 0 Å². The monoisotopic (exact) mass is 310 g/mol. The van der Waals surface area contributed by atoms with E-state index < -0.39 is 20.8 Å². The largest absolute Gasteiger partial charge is 0.398 e. The van der Waals surface area contributed by atoms with E-state index in [1.807, 2.05) is 0 Å². The molecule has 0 aliphatic heterocycles. The van der Waals surface area contributed by atoms with E-state index in [9.17, 15) is 12.6 Å². The number of rotatable bonds is 6. The van der Waals surface area contributed by atoms with Crippen LogP contribution in [-0.4, -0.2) is 30.7 Å². The molecule has 102 valence electrons. The van der Waals surface area contributed by atoms with Crippen LogP contribution < -0.4 is 10.5 Å². The molecule has 1 aromatic carbocycles. The van der Waals surface area contributed by atoms with Crippen LogP contribution in [-0.2, 0) is 20.8 Å².